The fourth-order valence-electron chi connectivity index (χ4n) is 2.18. The second-order valence-electron chi connectivity index (χ2n) is 4.03. The molecule has 3 rings (SSSR count). The van der Waals surface area contributed by atoms with Crippen molar-refractivity contribution >= 4 is 11.6 Å². The second kappa shape index (κ2) is 3.61. The zero-order chi connectivity index (χ0) is 11.1. The minimum absolute atomic E-state index is 0.620. The molecule has 82 valence electrons. The van der Waals surface area contributed by atoms with Crippen molar-refractivity contribution in [3.8, 4) is 11.3 Å². The Labute approximate surface area is 98.6 Å². The van der Waals surface area contributed by atoms with Crippen LogP contribution in [0.5, 0.6) is 0 Å². The second-order valence-corrected chi connectivity index (χ2v) is 4.46. The Bertz CT molecular complexity index is 545. The van der Waals surface area contributed by atoms with Crippen LogP contribution in [0.15, 0.2) is 18.2 Å². The summed E-state index contributed by atoms with van der Waals surface area (Å²) in [6.45, 7) is 0.620. The minimum atomic E-state index is 0.620. The van der Waals surface area contributed by atoms with E-state index in [2.05, 4.69) is 16.0 Å². The Morgan fingerprint density at radius 2 is 2.31 bits per heavy atom. The molecule has 0 radical (unpaired) electrons. The number of imidazole rings is 1. The quantitative estimate of drug-likeness (QED) is 0.713. The van der Waals surface area contributed by atoms with Crippen molar-refractivity contribution in [2.45, 2.75) is 12.8 Å². The lowest BCUT2D eigenvalue weighted by atomic mass is 10.1. The SMILES string of the molecule is NCCc1nc2c([nH]1)Cc1ccc(Cl)cc1-2. The van der Waals surface area contributed by atoms with Gasteiger partial charge >= 0.3 is 0 Å². The normalized spacial score (nSPS) is 12.6. The Morgan fingerprint density at radius 1 is 1.44 bits per heavy atom. The third-order valence-corrected chi connectivity index (χ3v) is 3.14. The van der Waals surface area contributed by atoms with E-state index in [-0.39, 0.29) is 0 Å². The molecule has 0 amide bonds. The number of nitrogens with two attached hydrogens (primary N) is 1. The van der Waals surface area contributed by atoms with Gasteiger partial charge in [0.05, 0.1) is 5.69 Å². The summed E-state index contributed by atoms with van der Waals surface area (Å²) in [7, 11) is 0. The predicted octanol–water partition coefficient (Wildman–Crippen LogP) is 2.14. The molecule has 2 aromatic rings. The van der Waals surface area contributed by atoms with Gasteiger partial charge in [0.15, 0.2) is 0 Å². The molecule has 1 aromatic heterocycles. The third kappa shape index (κ3) is 1.44. The van der Waals surface area contributed by atoms with Gasteiger partial charge in [0, 0.05) is 29.1 Å². The van der Waals surface area contributed by atoms with E-state index in [0.717, 1.165) is 34.9 Å². The van der Waals surface area contributed by atoms with Gasteiger partial charge in [-0.25, -0.2) is 4.98 Å². The molecule has 1 aliphatic rings. The first kappa shape index (κ1) is 9.87. The van der Waals surface area contributed by atoms with E-state index >= 15 is 0 Å². The van der Waals surface area contributed by atoms with E-state index < -0.39 is 0 Å². The number of aromatic nitrogens is 2. The molecule has 0 fully saturated rings. The number of nitrogens with one attached hydrogen (secondary N) is 1. The maximum Gasteiger partial charge on any atom is 0.108 e. The molecule has 0 spiro atoms. The smallest absolute Gasteiger partial charge is 0.108 e. The van der Waals surface area contributed by atoms with Crippen LogP contribution in [-0.2, 0) is 12.8 Å². The van der Waals surface area contributed by atoms with Gasteiger partial charge in [0.2, 0.25) is 0 Å². The molecule has 1 heterocycles. The number of hydrogen-bond donors (Lipinski definition) is 2. The zero-order valence-corrected chi connectivity index (χ0v) is 9.51. The fourth-order valence-corrected chi connectivity index (χ4v) is 2.36. The van der Waals surface area contributed by atoms with Crippen LogP contribution >= 0.6 is 11.6 Å². The number of fused-ring (bicyclic) bond motifs is 3. The van der Waals surface area contributed by atoms with Crippen molar-refractivity contribution in [2.75, 3.05) is 6.54 Å². The summed E-state index contributed by atoms with van der Waals surface area (Å²) in [4.78, 5) is 7.90. The number of halogens is 1. The molecular weight excluding hydrogens is 222 g/mol. The number of benzene rings is 1. The molecule has 3 nitrogen and oxygen atoms in total. The van der Waals surface area contributed by atoms with E-state index in [1.165, 1.54) is 11.3 Å². The molecule has 0 saturated heterocycles. The summed E-state index contributed by atoms with van der Waals surface area (Å²) in [5.74, 6) is 0.970. The van der Waals surface area contributed by atoms with Crippen LogP contribution in [0.3, 0.4) is 0 Å². The van der Waals surface area contributed by atoms with E-state index in [1.54, 1.807) is 0 Å². The standard InChI is InChI=1S/C12H12ClN3/c13-8-2-1-7-5-10-12(9(7)6-8)16-11(15-10)3-4-14/h1-2,6H,3-5,14H2,(H,15,16). The van der Waals surface area contributed by atoms with Gasteiger partial charge in [-0.1, -0.05) is 17.7 Å². The van der Waals surface area contributed by atoms with Crippen LogP contribution in [-0.4, -0.2) is 16.5 Å². The van der Waals surface area contributed by atoms with Crippen LogP contribution < -0.4 is 5.73 Å². The number of nitrogens with zero attached hydrogens (tertiary/aromatic N) is 1. The van der Waals surface area contributed by atoms with Gasteiger partial charge in [-0.05, 0) is 24.2 Å². The van der Waals surface area contributed by atoms with Gasteiger partial charge in [-0.3, -0.25) is 0 Å². The van der Waals surface area contributed by atoms with Gasteiger partial charge in [0.25, 0.3) is 0 Å². The zero-order valence-electron chi connectivity index (χ0n) is 8.76. The molecule has 0 saturated carbocycles. The monoisotopic (exact) mass is 233 g/mol. The molecule has 1 aromatic carbocycles. The van der Waals surface area contributed by atoms with E-state index in [4.69, 9.17) is 17.3 Å². The molecule has 4 heteroatoms. The van der Waals surface area contributed by atoms with E-state index in [0.29, 0.717) is 6.54 Å². The highest BCUT2D eigenvalue weighted by Gasteiger charge is 2.22. The van der Waals surface area contributed by atoms with Crippen molar-refractivity contribution < 1.29 is 0 Å². The molecule has 0 unspecified atom stereocenters. The Balaban J connectivity index is 2.08. The molecule has 0 bridgehead atoms. The van der Waals surface area contributed by atoms with Crippen LogP contribution in [0.1, 0.15) is 17.1 Å². The highest BCUT2D eigenvalue weighted by molar-refractivity contribution is 6.30. The lowest BCUT2D eigenvalue weighted by Crippen LogP contribution is -2.04. The van der Waals surface area contributed by atoms with Gasteiger partial charge in [0.1, 0.15) is 5.82 Å². The van der Waals surface area contributed by atoms with E-state index in [1.807, 2.05) is 12.1 Å². The highest BCUT2D eigenvalue weighted by atomic mass is 35.5. The van der Waals surface area contributed by atoms with Crippen LogP contribution in [0, 0.1) is 0 Å². The van der Waals surface area contributed by atoms with Crippen molar-refractivity contribution in [3.05, 3.63) is 40.3 Å². The largest absolute Gasteiger partial charge is 0.345 e. The molecular formula is C12H12ClN3. The topological polar surface area (TPSA) is 54.7 Å². The van der Waals surface area contributed by atoms with Gasteiger partial charge in [-0.15, -0.1) is 0 Å². The van der Waals surface area contributed by atoms with Crippen molar-refractivity contribution in [1.29, 1.82) is 0 Å². The molecule has 0 aliphatic heterocycles. The molecule has 16 heavy (non-hydrogen) atoms. The number of aromatic amines is 1. The van der Waals surface area contributed by atoms with Crippen molar-refractivity contribution in [1.82, 2.24) is 9.97 Å². The average molecular weight is 234 g/mol. The number of H-pyrrole nitrogens is 1. The fraction of sp³-hybridized carbons (Fsp3) is 0.250. The minimum Gasteiger partial charge on any atom is -0.345 e. The Hall–Kier alpha value is -1.32. The molecule has 0 atom stereocenters. The van der Waals surface area contributed by atoms with Crippen LogP contribution in [0.2, 0.25) is 5.02 Å². The summed E-state index contributed by atoms with van der Waals surface area (Å²) in [6, 6.07) is 5.97. The van der Waals surface area contributed by atoms with Crippen molar-refractivity contribution in [2.24, 2.45) is 5.73 Å². The summed E-state index contributed by atoms with van der Waals surface area (Å²) < 4.78 is 0. The van der Waals surface area contributed by atoms with Gasteiger partial charge < -0.3 is 10.7 Å². The van der Waals surface area contributed by atoms with Crippen LogP contribution in [0.4, 0.5) is 0 Å². The summed E-state index contributed by atoms with van der Waals surface area (Å²) in [5, 5.41) is 0.759. The summed E-state index contributed by atoms with van der Waals surface area (Å²) >= 11 is 6.00. The first-order chi connectivity index (χ1) is 7.78. The summed E-state index contributed by atoms with van der Waals surface area (Å²) in [6.07, 6.45) is 1.71. The Kier molecular flexibility index (Phi) is 2.23. The van der Waals surface area contributed by atoms with Gasteiger partial charge in [-0.2, -0.15) is 0 Å². The highest BCUT2D eigenvalue weighted by Crippen LogP contribution is 2.36. The van der Waals surface area contributed by atoms with E-state index in [9.17, 15) is 0 Å². The first-order valence-corrected chi connectivity index (χ1v) is 5.72. The summed E-state index contributed by atoms with van der Waals surface area (Å²) in [5.41, 5.74) is 10.2. The first-order valence-electron chi connectivity index (χ1n) is 5.34. The molecule has 1 aliphatic carbocycles. The number of hydrogen-bond acceptors (Lipinski definition) is 2. The lowest BCUT2D eigenvalue weighted by molar-refractivity contribution is 0.886. The lowest BCUT2D eigenvalue weighted by Gasteiger charge is -1.99. The van der Waals surface area contributed by atoms with Crippen LogP contribution in [0.25, 0.3) is 11.3 Å². The van der Waals surface area contributed by atoms with Crippen molar-refractivity contribution in [3.63, 3.8) is 0 Å². The average Bonchev–Trinajstić information content (AvgIpc) is 2.76. The molecule has 3 N–H and O–H groups in total. The maximum atomic E-state index is 6.00. The predicted molar refractivity (Wildman–Crippen MR) is 64.6 cm³/mol. The third-order valence-electron chi connectivity index (χ3n) is 2.90. The Morgan fingerprint density at radius 3 is 3.12 bits per heavy atom. The maximum absolute atomic E-state index is 6.00. The number of rotatable bonds is 2.